The molecule has 6 nitrogen and oxygen atoms in total. The molecular formula is C56H30N4O2. The molecule has 0 unspecified atom stereocenters. The molecule has 9 aromatic carbocycles. The fourth-order valence-electron chi connectivity index (χ4n) is 10.1. The van der Waals surface area contributed by atoms with Gasteiger partial charge in [-0.1, -0.05) is 146 Å². The number of nitrogens with zero attached hydrogens (tertiary/aromatic N) is 4. The first-order chi connectivity index (χ1) is 30.7. The Kier molecular flexibility index (Phi) is 7.05. The van der Waals surface area contributed by atoms with E-state index in [9.17, 15) is 10.5 Å². The van der Waals surface area contributed by atoms with E-state index in [1.54, 1.807) is 0 Å². The van der Waals surface area contributed by atoms with Crippen molar-refractivity contribution in [2.75, 3.05) is 0 Å². The highest BCUT2D eigenvalue weighted by molar-refractivity contribution is 6.18. The van der Waals surface area contributed by atoms with E-state index in [4.69, 9.17) is 8.83 Å². The van der Waals surface area contributed by atoms with Crippen molar-refractivity contribution in [1.29, 1.82) is 10.5 Å². The van der Waals surface area contributed by atoms with Crippen molar-refractivity contribution >= 4 is 87.5 Å². The van der Waals surface area contributed by atoms with Gasteiger partial charge in [-0.25, -0.2) is 0 Å². The summed E-state index contributed by atoms with van der Waals surface area (Å²) in [7, 11) is 0. The van der Waals surface area contributed by atoms with Crippen LogP contribution in [0.3, 0.4) is 0 Å². The SMILES string of the molecule is N#Cc1c(-c2cccc3c2oc2ccccc23)c(-n2c3ccccc3c3ccccc32)c(C#N)c(-c2cccc3c2oc2ccccc23)c1-n1c2ccccc2c2ccccc21. The lowest BCUT2D eigenvalue weighted by atomic mass is 9.85. The average molecular weight is 791 g/mol. The minimum absolute atomic E-state index is 0.392. The fraction of sp³-hybridized carbons (Fsp3) is 0. The number of aromatic nitrogens is 2. The van der Waals surface area contributed by atoms with Crippen molar-refractivity contribution in [1.82, 2.24) is 9.13 Å². The van der Waals surface area contributed by atoms with Crippen LogP contribution in [0, 0.1) is 22.7 Å². The maximum absolute atomic E-state index is 12.1. The molecule has 0 bridgehead atoms. The number of hydrogen-bond acceptors (Lipinski definition) is 4. The third-order valence-corrected chi connectivity index (χ3v) is 12.6. The van der Waals surface area contributed by atoms with Gasteiger partial charge in [-0.05, 0) is 36.4 Å². The van der Waals surface area contributed by atoms with Gasteiger partial charge in [0.05, 0.1) is 44.6 Å². The van der Waals surface area contributed by atoms with E-state index < -0.39 is 0 Å². The molecule has 13 rings (SSSR count). The summed E-state index contributed by atoms with van der Waals surface area (Å²) < 4.78 is 18.0. The minimum atomic E-state index is 0.392. The lowest BCUT2D eigenvalue weighted by Crippen LogP contribution is -2.11. The molecule has 0 aliphatic carbocycles. The van der Waals surface area contributed by atoms with Gasteiger partial charge in [0.2, 0.25) is 0 Å². The molecule has 13 aromatic rings. The van der Waals surface area contributed by atoms with Crippen molar-refractivity contribution in [2.24, 2.45) is 0 Å². The number of benzene rings is 9. The Labute approximate surface area is 353 Å². The zero-order chi connectivity index (χ0) is 41.1. The molecule has 0 N–H and O–H groups in total. The Morgan fingerprint density at radius 1 is 0.323 bits per heavy atom. The van der Waals surface area contributed by atoms with E-state index in [0.717, 1.165) is 76.3 Å². The highest BCUT2D eigenvalue weighted by Crippen LogP contribution is 2.51. The zero-order valence-electron chi connectivity index (χ0n) is 32.9. The fourth-order valence-corrected chi connectivity index (χ4v) is 10.1. The number of rotatable bonds is 4. The van der Waals surface area contributed by atoms with Gasteiger partial charge < -0.3 is 18.0 Å². The molecule has 0 amide bonds. The van der Waals surface area contributed by atoms with Crippen LogP contribution in [0.5, 0.6) is 0 Å². The van der Waals surface area contributed by atoms with Crippen LogP contribution in [-0.4, -0.2) is 9.13 Å². The average Bonchev–Trinajstić information content (AvgIpc) is 4.09. The maximum atomic E-state index is 12.1. The molecule has 0 radical (unpaired) electrons. The van der Waals surface area contributed by atoms with Crippen LogP contribution in [0.2, 0.25) is 0 Å². The maximum Gasteiger partial charge on any atom is 0.143 e. The van der Waals surface area contributed by atoms with Gasteiger partial charge in [-0.3, -0.25) is 0 Å². The van der Waals surface area contributed by atoms with E-state index in [0.29, 0.717) is 55.9 Å². The topological polar surface area (TPSA) is 83.7 Å². The Morgan fingerprint density at radius 2 is 0.629 bits per heavy atom. The molecule has 0 saturated carbocycles. The summed E-state index contributed by atoms with van der Waals surface area (Å²) >= 11 is 0. The Bertz CT molecular complexity index is 3770. The molecular weight excluding hydrogens is 761 g/mol. The Morgan fingerprint density at radius 3 is 0.984 bits per heavy atom. The smallest absolute Gasteiger partial charge is 0.143 e. The largest absolute Gasteiger partial charge is 0.455 e. The molecule has 0 aliphatic heterocycles. The summed E-state index contributed by atoms with van der Waals surface area (Å²) in [6.45, 7) is 0. The van der Waals surface area contributed by atoms with E-state index in [1.165, 1.54) is 0 Å². The molecule has 0 fully saturated rings. The van der Waals surface area contributed by atoms with Crippen molar-refractivity contribution in [3.05, 3.63) is 193 Å². The molecule has 0 atom stereocenters. The van der Waals surface area contributed by atoms with E-state index >= 15 is 0 Å². The molecule has 62 heavy (non-hydrogen) atoms. The monoisotopic (exact) mass is 790 g/mol. The van der Waals surface area contributed by atoms with Gasteiger partial charge in [0.1, 0.15) is 34.5 Å². The van der Waals surface area contributed by atoms with Gasteiger partial charge in [0, 0.05) is 65.3 Å². The van der Waals surface area contributed by atoms with Crippen molar-refractivity contribution < 1.29 is 8.83 Å². The van der Waals surface area contributed by atoms with Gasteiger partial charge >= 0.3 is 0 Å². The van der Waals surface area contributed by atoms with E-state index in [-0.39, 0.29) is 0 Å². The van der Waals surface area contributed by atoms with Crippen LogP contribution < -0.4 is 0 Å². The lowest BCUT2D eigenvalue weighted by molar-refractivity contribution is 0.669. The van der Waals surface area contributed by atoms with Crippen molar-refractivity contribution in [3.8, 4) is 45.8 Å². The summed E-state index contributed by atoms with van der Waals surface area (Å²) in [6, 6.07) is 66.9. The number of para-hydroxylation sites is 8. The van der Waals surface area contributed by atoms with E-state index in [2.05, 4.69) is 94.1 Å². The second-order valence-corrected chi connectivity index (χ2v) is 15.7. The molecule has 6 heteroatoms. The summed E-state index contributed by atoms with van der Waals surface area (Å²) in [4.78, 5) is 0. The molecule has 0 spiro atoms. The quantitative estimate of drug-likeness (QED) is 0.178. The van der Waals surface area contributed by atoms with Crippen LogP contribution in [0.1, 0.15) is 11.1 Å². The first-order valence-electron chi connectivity index (χ1n) is 20.6. The second kappa shape index (κ2) is 12.8. The van der Waals surface area contributed by atoms with Gasteiger partial charge in [0.25, 0.3) is 0 Å². The molecule has 0 saturated heterocycles. The number of nitriles is 2. The zero-order valence-corrected chi connectivity index (χ0v) is 32.9. The summed E-state index contributed by atoms with van der Waals surface area (Å²) in [5.41, 5.74) is 10.9. The third-order valence-electron chi connectivity index (χ3n) is 12.6. The predicted octanol–water partition coefficient (Wildman–Crippen LogP) is 14.8. The van der Waals surface area contributed by atoms with Gasteiger partial charge in [-0.2, -0.15) is 10.5 Å². The highest BCUT2D eigenvalue weighted by Gasteiger charge is 2.33. The molecule has 4 heterocycles. The number of furan rings is 2. The molecule has 286 valence electrons. The summed E-state index contributed by atoms with van der Waals surface area (Å²) in [5, 5.41) is 32.1. The molecule has 0 aliphatic rings. The number of hydrogen-bond donors (Lipinski definition) is 0. The van der Waals surface area contributed by atoms with Crippen LogP contribution in [0.25, 0.3) is 121 Å². The van der Waals surface area contributed by atoms with Crippen LogP contribution in [0.15, 0.2) is 191 Å². The normalized spacial score (nSPS) is 11.8. The second-order valence-electron chi connectivity index (χ2n) is 15.7. The Balaban J connectivity index is 1.34. The van der Waals surface area contributed by atoms with Crippen LogP contribution >= 0.6 is 0 Å². The van der Waals surface area contributed by atoms with Crippen molar-refractivity contribution in [3.63, 3.8) is 0 Å². The lowest BCUT2D eigenvalue weighted by Gasteiger charge is -2.25. The third kappa shape index (κ3) is 4.50. The predicted molar refractivity (Wildman–Crippen MR) is 250 cm³/mol. The van der Waals surface area contributed by atoms with Gasteiger partial charge in [0.15, 0.2) is 0 Å². The standard InChI is InChI=1S/C56H30N4O2/c57-31-43-52(42-24-14-22-40-38-20-6-12-30-50(38)62-56(40)42)54(60-47-27-9-3-17-35(47)36-18-4-10-28-48(36)60)44(32-58)51(41-23-13-21-39-37-19-5-11-29-49(37)61-55(39)41)53(43)59-45-25-7-1-15-33(45)34-16-2-8-26-46(34)59/h1-30H. The first kappa shape index (κ1) is 34.1. The minimum Gasteiger partial charge on any atom is -0.455 e. The number of fused-ring (bicyclic) bond motifs is 12. The van der Waals surface area contributed by atoms with Crippen LogP contribution in [-0.2, 0) is 0 Å². The first-order valence-corrected chi connectivity index (χ1v) is 20.6. The Hall–Kier alpha value is -8.84. The highest BCUT2D eigenvalue weighted by atomic mass is 16.3. The van der Waals surface area contributed by atoms with Gasteiger partial charge in [-0.15, -0.1) is 0 Å². The summed E-state index contributed by atoms with van der Waals surface area (Å²) in [5.74, 6) is 0. The van der Waals surface area contributed by atoms with Crippen molar-refractivity contribution in [2.45, 2.75) is 0 Å². The molecule has 4 aromatic heterocycles. The summed E-state index contributed by atoms with van der Waals surface area (Å²) in [6.07, 6.45) is 0. The van der Waals surface area contributed by atoms with Crippen LogP contribution in [0.4, 0.5) is 0 Å². The van der Waals surface area contributed by atoms with E-state index in [1.807, 2.05) is 109 Å².